The number of rotatable bonds is 23. The number of esters is 2. The average molecular weight is 1370 g/mol. The fourth-order valence-corrected chi connectivity index (χ4v) is 14.0. The number of halogens is 5. The fourth-order valence-electron chi connectivity index (χ4n) is 14.0. The molecule has 10 atom stereocenters. The SMILES string of the molecule is COC(=O)N[C@H](C(=O)N1CCC[C@H]1c1nc2cc([C@H]3CC[C@H](c4cc5c(cc4F)nc([C@@H]4CCCN4C(=O)[C@@H](NC(=O)OC)[C@@H](C)OC)n5COC(=O)[C@@H](N)C(C)C)N3c3cc(F)c(N4CCC(c5ccc(F)cc5)CC4)c(F)c3)c(F)cc2n1COC(=O)[C@@H](N)C(C)C)[C@@H](C)OC. The lowest BCUT2D eigenvalue weighted by atomic mass is 9.89. The van der Waals surface area contributed by atoms with Crippen LogP contribution in [0.15, 0.2) is 60.7 Å². The number of piperidine rings is 1. The van der Waals surface area contributed by atoms with Crippen LogP contribution in [0.25, 0.3) is 22.1 Å². The zero-order valence-electron chi connectivity index (χ0n) is 56.7. The molecule has 98 heavy (non-hydrogen) atoms. The molecule has 4 aliphatic rings. The van der Waals surface area contributed by atoms with Crippen LogP contribution in [0.5, 0.6) is 0 Å². The van der Waals surface area contributed by atoms with Crippen molar-refractivity contribution in [1.82, 2.24) is 39.5 Å². The average Bonchev–Trinajstić information content (AvgIpc) is 1.55. The van der Waals surface area contributed by atoms with Gasteiger partial charge in [-0.1, -0.05) is 39.8 Å². The Morgan fingerprint density at radius 1 is 0.541 bits per heavy atom. The van der Waals surface area contributed by atoms with Crippen molar-refractivity contribution in [2.75, 3.05) is 64.4 Å². The van der Waals surface area contributed by atoms with Crippen LogP contribution < -0.4 is 31.9 Å². The lowest BCUT2D eigenvalue weighted by Gasteiger charge is -2.36. The number of alkyl carbamates (subject to hydrolysis) is 2. The number of imidazole rings is 2. The normalized spacial score (nSPS) is 20.2. The largest absolute Gasteiger partial charge is 0.453 e. The molecule has 4 amide bonds. The number of nitrogens with one attached hydrogen (secondary N) is 2. The summed E-state index contributed by atoms with van der Waals surface area (Å²) in [6.45, 7) is 10.0. The van der Waals surface area contributed by atoms with Gasteiger partial charge in [-0.3, -0.25) is 28.3 Å². The maximum absolute atomic E-state index is 18.0. The van der Waals surface area contributed by atoms with Crippen LogP contribution in [-0.2, 0) is 61.1 Å². The van der Waals surface area contributed by atoms with Gasteiger partial charge in [0.2, 0.25) is 11.8 Å². The third-order valence-electron chi connectivity index (χ3n) is 19.8. The number of likely N-dealkylation sites (tertiary alicyclic amines) is 2. The summed E-state index contributed by atoms with van der Waals surface area (Å²) in [4.78, 5) is 97.6. The number of ether oxygens (including phenoxy) is 6. The lowest BCUT2D eigenvalue weighted by Crippen LogP contribution is -2.54. The minimum absolute atomic E-state index is 0.000417. The molecule has 530 valence electrons. The molecule has 4 aromatic carbocycles. The van der Waals surface area contributed by atoms with Gasteiger partial charge in [-0.2, -0.15) is 0 Å². The predicted molar refractivity (Wildman–Crippen MR) is 350 cm³/mol. The van der Waals surface area contributed by atoms with E-state index >= 15 is 17.6 Å². The predicted octanol–water partition coefficient (Wildman–Crippen LogP) is 9.36. The molecule has 6 N–H and O–H groups in total. The molecule has 24 nitrogen and oxygen atoms in total. The van der Waals surface area contributed by atoms with Crippen LogP contribution in [0.1, 0.15) is 151 Å². The van der Waals surface area contributed by atoms with Gasteiger partial charge in [-0.05, 0) is 125 Å². The van der Waals surface area contributed by atoms with E-state index in [4.69, 9.17) is 49.9 Å². The van der Waals surface area contributed by atoms with Gasteiger partial charge >= 0.3 is 24.1 Å². The third kappa shape index (κ3) is 14.7. The summed E-state index contributed by atoms with van der Waals surface area (Å²) in [7, 11) is 5.07. The Balaban J connectivity index is 1.10. The molecule has 2 aromatic heterocycles. The highest BCUT2D eigenvalue weighted by Gasteiger charge is 2.45. The molecule has 0 saturated carbocycles. The quantitative estimate of drug-likeness (QED) is 0.0264. The van der Waals surface area contributed by atoms with Crippen LogP contribution in [-0.4, -0.2) is 156 Å². The second-order valence-electron chi connectivity index (χ2n) is 26.3. The number of fused-ring (bicyclic) bond motifs is 2. The van der Waals surface area contributed by atoms with Gasteiger partial charge in [0.1, 0.15) is 59.0 Å². The van der Waals surface area contributed by atoms with Crippen LogP contribution >= 0.6 is 0 Å². The Morgan fingerprint density at radius 2 is 0.980 bits per heavy atom. The second kappa shape index (κ2) is 30.6. The Hall–Kier alpha value is -8.67. The van der Waals surface area contributed by atoms with E-state index in [0.29, 0.717) is 38.5 Å². The Bertz CT molecular complexity index is 3900. The molecule has 4 saturated heterocycles. The molecule has 4 fully saturated rings. The number of carbonyl (C=O) groups is 6. The van der Waals surface area contributed by atoms with Crippen molar-refractivity contribution in [3.05, 3.63) is 118 Å². The molecule has 0 aliphatic carbocycles. The summed E-state index contributed by atoms with van der Waals surface area (Å²) in [6.07, 6.45) is -0.727. The van der Waals surface area contributed by atoms with E-state index in [9.17, 15) is 33.2 Å². The van der Waals surface area contributed by atoms with E-state index in [1.807, 2.05) is 0 Å². The van der Waals surface area contributed by atoms with Gasteiger partial charge in [0.15, 0.2) is 25.1 Å². The monoisotopic (exact) mass is 1370 g/mol. The molecular formula is C69H87F5N12O12. The van der Waals surface area contributed by atoms with Crippen molar-refractivity contribution in [2.45, 2.75) is 173 Å². The number of carbonyl (C=O) groups excluding carboxylic acids is 6. The van der Waals surface area contributed by atoms with Crippen molar-refractivity contribution in [3.8, 4) is 0 Å². The van der Waals surface area contributed by atoms with Gasteiger partial charge in [0.05, 0.1) is 72.7 Å². The summed E-state index contributed by atoms with van der Waals surface area (Å²) < 4.78 is 120. The molecule has 4 aliphatic heterocycles. The van der Waals surface area contributed by atoms with Gasteiger partial charge in [0.25, 0.3) is 0 Å². The fraction of sp³-hybridized carbons (Fsp3) is 0.536. The van der Waals surface area contributed by atoms with E-state index in [1.54, 1.807) is 63.5 Å². The van der Waals surface area contributed by atoms with Crippen molar-refractivity contribution in [1.29, 1.82) is 0 Å². The minimum atomic E-state index is -1.23. The lowest BCUT2D eigenvalue weighted by molar-refractivity contribution is -0.151. The highest BCUT2D eigenvalue weighted by Crippen LogP contribution is 2.51. The topological polar surface area (TPSA) is 282 Å². The zero-order chi connectivity index (χ0) is 70.7. The summed E-state index contributed by atoms with van der Waals surface area (Å²) in [6, 6.07) is 5.31. The van der Waals surface area contributed by atoms with Crippen molar-refractivity contribution in [3.63, 3.8) is 0 Å². The number of hydrogen-bond donors (Lipinski definition) is 4. The number of benzene rings is 4. The first-order valence-corrected chi connectivity index (χ1v) is 33.2. The van der Waals surface area contributed by atoms with E-state index in [-0.39, 0.29) is 119 Å². The maximum Gasteiger partial charge on any atom is 0.407 e. The van der Waals surface area contributed by atoms with E-state index in [1.165, 1.54) is 69.6 Å². The standard InChI is InChI=1S/C69H87F5N12O12/c1-35(2)57(75)66(89)97-33-84-55-30-44(45(71)31-50(55)78-63(84)54-14-12-24-83(54)65(88)60(38(6)94-8)80-69(92)96-10)52-20-19-51(86(52)42-27-47(73)61(48(74)28-42)81-25-21-40(22-26-81)39-15-17-41(70)18-16-39)43-29-49-56(32-46(43)72)85(34-98-67(90)58(76)36(3)4)62(77-49)53-13-11-23-82(53)64(87)59(37(5)93-7)79-68(91)95-9/h15-18,27-32,35-38,40,51-54,57-60H,11-14,19-26,33-34,75-76H2,1-10H3,(H,79,91)(H,80,92)/t37-,38-,51-,52-,53+,54+,57+,58+,59+,60+/m1/s1. The number of methoxy groups -OCH3 is 4. The van der Waals surface area contributed by atoms with Crippen LogP contribution in [0.3, 0.4) is 0 Å². The Morgan fingerprint density at radius 3 is 1.43 bits per heavy atom. The minimum Gasteiger partial charge on any atom is -0.453 e. The smallest absolute Gasteiger partial charge is 0.407 e. The van der Waals surface area contributed by atoms with E-state index in [2.05, 4.69) is 10.6 Å². The van der Waals surface area contributed by atoms with Gasteiger partial charge in [-0.25, -0.2) is 41.5 Å². The molecule has 0 unspecified atom stereocenters. The van der Waals surface area contributed by atoms with E-state index < -0.39 is 133 Å². The summed E-state index contributed by atoms with van der Waals surface area (Å²) in [5, 5.41) is 5.13. The molecule has 10 rings (SSSR count). The molecular weight excluding hydrogens is 1280 g/mol. The van der Waals surface area contributed by atoms with Crippen LogP contribution in [0.2, 0.25) is 0 Å². The van der Waals surface area contributed by atoms with Crippen molar-refractivity contribution >= 4 is 69.4 Å². The summed E-state index contributed by atoms with van der Waals surface area (Å²) >= 11 is 0. The molecule has 0 spiro atoms. The van der Waals surface area contributed by atoms with Crippen LogP contribution in [0, 0.1) is 40.9 Å². The number of nitrogens with two attached hydrogens (primary N) is 2. The molecule has 0 radical (unpaired) electrons. The number of nitrogens with zero attached hydrogens (tertiary/aromatic N) is 8. The summed E-state index contributed by atoms with van der Waals surface area (Å²) in [5.41, 5.74) is 13.6. The third-order valence-corrected chi connectivity index (χ3v) is 19.8. The van der Waals surface area contributed by atoms with Gasteiger partial charge < -0.3 is 70.1 Å². The number of amides is 4. The van der Waals surface area contributed by atoms with Crippen molar-refractivity contribution < 1.29 is 79.1 Å². The first kappa shape index (κ1) is 72.1. The molecule has 29 heteroatoms. The van der Waals surface area contributed by atoms with Crippen LogP contribution in [0.4, 0.5) is 42.9 Å². The molecule has 6 aromatic rings. The molecule has 0 bridgehead atoms. The first-order valence-electron chi connectivity index (χ1n) is 33.2. The summed E-state index contributed by atoms with van der Waals surface area (Å²) in [5.74, 6) is -6.83. The van der Waals surface area contributed by atoms with Gasteiger partial charge in [0, 0.05) is 69.3 Å². The van der Waals surface area contributed by atoms with E-state index in [0.717, 1.165) is 31.9 Å². The zero-order valence-corrected chi connectivity index (χ0v) is 56.7. The van der Waals surface area contributed by atoms with Crippen molar-refractivity contribution in [2.24, 2.45) is 23.3 Å². The first-order chi connectivity index (χ1) is 46.8. The Kier molecular flexibility index (Phi) is 22.5. The number of anilines is 2. The number of hydrogen-bond acceptors (Lipinski definition) is 18. The number of aromatic nitrogens is 4. The second-order valence-corrected chi connectivity index (χ2v) is 26.3. The molecule has 6 heterocycles. The van der Waals surface area contributed by atoms with Gasteiger partial charge in [-0.15, -0.1) is 0 Å². The maximum atomic E-state index is 18.0. The Labute approximate surface area is 564 Å². The highest BCUT2D eigenvalue weighted by atomic mass is 19.1. The highest BCUT2D eigenvalue weighted by molar-refractivity contribution is 5.88.